The predicted molar refractivity (Wildman–Crippen MR) is 134 cm³/mol. The van der Waals surface area contributed by atoms with Gasteiger partial charge in [-0.05, 0) is 86.0 Å². The van der Waals surface area contributed by atoms with Crippen LogP contribution in [0.3, 0.4) is 0 Å². The molecule has 172 valence electrons. The number of fused-ring (bicyclic) bond motifs is 2. The van der Waals surface area contributed by atoms with Gasteiger partial charge < -0.3 is 14.3 Å². The van der Waals surface area contributed by atoms with Gasteiger partial charge in [-0.3, -0.25) is 14.5 Å². The number of phenols is 1. The van der Waals surface area contributed by atoms with Crippen LogP contribution in [0.5, 0.6) is 11.5 Å². The van der Waals surface area contributed by atoms with Crippen LogP contribution in [0.15, 0.2) is 68.3 Å². The van der Waals surface area contributed by atoms with E-state index in [1.54, 1.807) is 23.1 Å². The highest BCUT2D eigenvalue weighted by Gasteiger charge is 2.44. The van der Waals surface area contributed by atoms with Crippen LogP contribution in [0.1, 0.15) is 45.8 Å². The van der Waals surface area contributed by atoms with Gasteiger partial charge >= 0.3 is 0 Å². The zero-order valence-electron chi connectivity index (χ0n) is 18.9. The molecule has 1 aliphatic heterocycles. The molecule has 2 heterocycles. The van der Waals surface area contributed by atoms with Crippen LogP contribution in [-0.4, -0.2) is 17.6 Å². The molecule has 1 aliphatic rings. The second kappa shape index (κ2) is 8.33. The number of carbonyl (C=O) groups excluding carboxylic acids is 1. The zero-order chi connectivity index (χ0) is 24.1. The van der Waals surface area contributed by atoms with E-state index in [4.69, 9.17) is 9.15 Å². The molecule has 34 heavy (non-hydrogen) atoms. The van der Waals surface area contributed by atoms with Crippen molar-refractivity contribution < 1.29 is 19.1 Å². The Balaban J connectivity index is 1.81. The lowest BCUT2D eigenvalue weighted by atomic mass is 9.97. The minimum atomic E-state index is -0.745. The van der Waals surface area contributed by atoms with E-state index in [2.05, 4.69) is 15.9 Å². The van der Waals surface area contributed by atoms with Gasteiger partial charge in [-0.1, -0.05) is 22.0 Å². The Labute approximate surface area is 204 Å². The van der Waals surface area contributed by atoms with Gasteiger partial charge in [-0.25, -0.2) is 0 Å². The molecule has 0 saturated carbocycles. The standard InChI is InChI=1S/C27H22BrNO5/c1-4-33-22-13-16(5-10-20(22)30)24-23-25(31)19-11-14(2)15(3)12-21(19)34-26(23)27(32)29(24)18-8-6-17(28)7-9-18/h5-13,24,30H,4H2,1-3H3. The predicted octanol–water partition coefficient (Wildman–Crippen LogP) is 6.03. The molecule has 0 fully saturated rings. The Morgan fingerprint density at radius 3 is 2.44 bits per heavy atom. The first-order valence-corrected chi connectivity index (χ1v) is 11.7. The number of anilines is 1. The van der Waals surface area contributed by atoms with Crippen LogP contribution in [0.2, 0.25) is 0 Å². The van der Waals surface area contributed by atoms with Crippen LogP contribution in [0, 0.1) is 13.8 Å². The third-order valence-corrected chi connectivity index (χ3v) is 6.72. The quantitative estimate of drug-likeness (QED) is 0.356. The normalized spacial score (nSPS) is 15.1. The van der Waals surface area contributed by atoms with Gasteiger partial charge in [-0.15, -0.1) is 0 Å². The van der Waals surface area contributed by atoms with Gasteiger partial charge in [0.25, 0.3) is 5.91 Å². The van der Waals surface area contributed by atoms with Crippen LogP contribution in [0.25, 0.3) is 11.0 Å². The summed E-state index contributed by atoms with van der Waals surface area (Å²) >= 11 is 3.43. The van der Waals surface area contributed by atoms with Gasteiger partial charge in [-0.2, -0.15) is 0 Å². The molecule has 1 N–H and O–H groups in total. The summed E-state index contributed by atoms with van der Waals surface area (Å²) in [6.07, 6.45) is 0. The fourth-order valence-electron chi connectivity index (χ4n) is 4.38. The van der Waals surface area contributed by atoms with Crippen molar-refractivity contribution in [3.63, 3.8) is 0 Å². The Morgan fingerprint density at radius 2 is 1.74 bits per heavy atom. The molecule has 0 spiro atoms. The van der Waals surface area contributed by atoms with Crippen molar-refractivity contribution in [2.24, 2.45) is 0 Å². The van der Waals surface area contributed by atoms with Crippen LogP contribution in [0.4, 0.5) is 5.69 Å². The first-order chi connectivity index (χ1) is 16.3. The summed E-state index contributed by atoms with van der Waals surface area (Å²) in [7, 11) is 0. The third kappa shape index (κ3) is 3.47. The van der Waals surface area contributed by atoms with Gasteiger partial charge in [0.2, 0.25) is 5.76 Å². The fourth-order valence-corrected chi connectivity index (χ4v) is 4.65. The smallest absolute Gasteiger partial charge is 0.295 e. The highest BCUT2D eigenvalue weighted by atomic mass is 79.9. The minimum absolute atomic E-state index is 0.0121. The second-order valence-electron chi connectivity index (χ2n) is 8.32. The van der Waals surface area contributed by atoms with E-state index in [-0.39, 0.29) is 28.3 Å². The number of aryl methyl sites for hydroxylation is 2. The number of amides is 1. The number of rotatable bonds is 4. The summed E-state index contributed by atoms with van der Waals surface area (Å²) in [5.41, 5.74) is 3.60. The SMILES string of the molecule is CCOc1cc(C2c3c(oc4cc(C)c(C)cc4c3=O)C(=O)N2c2ccc(Br)cc2)ccc1O. The molecule has 0 saturated heterocycles. The molecule has 0 aliphatic carbocycles. The number of hydrogen-bond donors (Lipinski definition) is 1. The fraction of sp³-hybridized carbons (Fsp3) is 0.185. The first-order valence-electron chi connectivity index (χ1n) is 10.9. The topological polar surface area (TPSA) is 80.0 Å². The monoisotopic (exact) mass is 519 g/mol. The minimum Gasteiger partial charge on any atom is -0.504 e. The lowest BCUT2D eigenvalue weighted by Gasteiger charge is -2.25. The van der Waals surface area contributed by atoms with Crippen molar-refractivity contribution in [2.45, 2.75) is 26.8 Å². The Kier molecular flexibility index (Phi) is 5.44. The highest BCUT2D eigenvalue weighted by molar-refractivity contribution is 9.10. The van der Waals surface area contributed by atoms with E-state index in [1.165, 1.54) is 6.07 Å². The molecule has 7 heteroatoms. The molecule has 1 unspecified atom stereocenters. The van der Waals surface area contributed by atoms with E-state index < -0.39 is 11.9 Å². The summed E-state index contributed by atoms with van der Waals surface area (Å²) < 4.78 is 12.5. The van der Waals surface area contributed by atoms with Crippen molar-refractivity contribution >= 4 is 38.5 Å². The molecule has 4 aromatic rings. The first kappa shape index (κ1) is 22.2. The van der Waals surface area contributed by atoms with Crippen molar-refractivity contribution in [1.29, 1.82) is 0 Å². The van der Waals surface area contributed by atoms with E-state index >= 15 is 0 Å². The van der Waals surface area contributed by atoms with Crippen molar-refractivity contribution in [1.82, 2.24) is 0 Å². The highest BCUT2D eigenvalue weighted by Crippen LogP contribution is 2.43. The number of ether oxygens (including phenoxy) is 1. The van der Waals surface area contributed by atoms with Gasteiger partial charge in [0.15, 0.2) is 16.9 Å². The molecule has 1 aromatic heterocycles. The molecular formula is C27H22BrNO5. The number of phenolic OH excluding ortho intramolecular Hbond substituents is 1. The number of aromatic hydroxyl groups is 1. The van der Waals surface area contributed by atoms with Gasteiger partial charge in [0, 0.05) is 10.2 Å². The number of carbonyl (C=O) groups is 1. The number of benzene rings is 3. The maximum atomic E-state index is 13.8. The maximum Gasteiger partial charge on any atom is 0.295 e. The summed E-state index contributed by atoms with van der Waals surface area (Å²) in [6.45, 7) is 6.05. The molecule has 5 rings (SSSR count). The lowest BCUT2D eigenvalue weighted by molar-refractivity contribution is 0.0971. The molecule has 1 atom stereocenters. The Hall–Kier alpha value is -3.58. The summed E-state index contributed by atoms with van der Waals surface area (Å²) in [5.74, 6) is -0.0967. The summed E-state index contributed by atoms with van der Waals surface area (Å²) in [4.78, 5) is 29.0. The van der Waals surface area contributed by atoms with E-state index in [9.17, 15) is 14.7 Å². The van der Waals surface area contributed by atoms with Crippen molar-refractivity contribution in [3.8, 4) is 11.5 Å². The second-order valence-corrected chi connectivity index (χ2v) is 9.24. The molecule has 1 amide bonds. The van der Waals surface area contributed by atoms with E-state index in [0.29, 0.717) is 28.8 Å². The number of hydrogen-bond acceptors (Lipinski definition) is 5. The van der Waals surface area contributed by atoms with Crippen LogP contribution < -0.4 is 15.1 Å². The molecule has 0 bridgehead atoms. The lowest BCUT2D eigenvalue weighted by Crippen LogP contribution is -2.29. The van der Waals surface area contributed by atoms with Crippen LogP contribution in [-0.2, 0) is 0 Å². The number of halogens is 1. The average Bonchev–Trinajstić information content (AvgIpc) is 3.10. The van der Waals surface area contributed by atoms with Crippen molar-refractivity contribution in [3.05, 3.63) is 97.3 Å². The maximum absolute atomic E-state index is 13.8. The molecular weight excluding hydrogens is 498 g/mol. The molecule has 0 radical (unpaired) electrons. The number of nitrogens with zero attached hydrogens (tertiary/aromatic N) is 1. The average molecular weight is 520 g/mol. The van der Waals surface area contributed by atoms with Gasteiger partial charge in [0.1, 0.15) is 5.58 Å². The van der Waals surface area contributed by atoms with Gasteiger partial charge in [0.05, 0.1) is 23.6 Å². The molecule has 3 aromatic carbocycles. The largest absolute Gasteiger partial charge is 0.504 e. The zero-order valence-corrected chi connectivity index (χ0v) is 20.5. The third-order valence-electron chi connectivity index (χ3n) is 6.19. The Morgan fingerprint density at radius 1 is 1.03 bits per heavy atom. The summed E-state index contributed by atoms with van der Waals surface area (Å²) in [5, 5.41) is 10.7. The molecule has 6 nitrogen and oxygen atoms in total. The van der Waals surface area contributed by atoms with Crippen molar-refractivity contribution in [2.75, 3.05) is 11.5 Å². The van der Waals surface area contributed by atoms with Crippen LogP contribution >= 0.6 is 15.9 Å². The summed E-state index contributed by atoms with van der Waals surface area (Å²) in [6, 6.07) is 15.0. The van der Waals surface area contributed by atoms with E-state index in [0.717, 1.165) is 15.6 Å². The van der Waals surface area contributed by atoms with E-state index in [1.807, 2.05) is 51.1 Å². The Bertz CT molecular complexity index is 1510.